The molecule has 3 rings (SSSR count). The zero-order valence-electron chi connectivity index (χ0n) is 17.4. The second kappa shape index (κ2) is 10.8. The Morgan fingerprint density at radius 2 is 1.68 bits per heavy atom. The monoisotopic (exact) mass is 466 g/mol. The van der Waals surface area contributed by atoms with Gasteiger partial charge in [-0.1, -0.05) is 23.7 Å². The van der Waals surface area contributed by atoms with Crippen LogP contribution in [-0.4, -0.2) is 52.0 Å². The van der Waals surface area contributed by atoms with E-state index in [9.17, 15) is 13.2 Å². The van der Waals surface area contributed by atoms with E-state index in [2.05, 4.69) is 5.32 Å². The van der Waals surface area contributed by atoms with Crippen molar-refractivity contribution in [1.29, 1.82) is 0 Å². The summed E-state index contributed by atoms with van der Waals surface area (Å²) < 4.78 is 37.5. The van der Waals surface area contributed by atoms with Gasteiger partial charge in [0.15, 0.2) is 0 Å². The van der Waals surface area contributed by atoms with Crippen LogP contribution in [0.4, 0.5) is 0 Å². The molecule has 1 aliphatic rings. The molecule has 0 aliphatic carbocycles. The van der Waals surface area contributed by atoms with Crippen LogP contribution in [0.2, 0.25) is 5.02 Å². The van der Waals surface area contributed by atoms with Gasteiger partial charge in [0.05, 0.1) is 19.4 Å². The number of nitrogens with zero attached hydrogens (tertiary/aromatic N) is 1. The third-order valence-corrected chi connectivity index (χ3v) is 7.31. The van der Waals surface area contributed by atoms with Crippen LogP contribution in [0.1, 0.15) is 18.4 Å². The highest BCUT2D eigenvalue weighted by Gasteiger charge is 2.31. The largest absolute Gasteiger partial charge is 0.497 e. The number of benzene rings is 2. The fourth-order valence-electron chi connectivity index (χ4n) is 3.44. The highest BCUT2D eigenvalue weighted by molar-refractivity contribution is 7.88. The van der Waals surface area contributed by atoms with Gasteiger partial charge in [-0.3, -0.25) is 4.79 Å². The lowest BCUT2D eigenvalue weighted by Crippen LogP contribution is -2.43. The van der Waals surface area contributed by atoms with Crippen LogP contribution in [0.15, 0.2) is 48.5 Å². The molecule has 1 amide bonds. The highest BCUT2D eigenvalue weighted by atomic mass is 35.5. The molecule has 2 aromatic carbocycles. The van der Waals surface area contributed by atoms with E-state index in [4.69, 9.17) is 21.1 Å². The Bertz CT molecular complexity index is 956. The van der Waals surface area contributed by atoms with Gasteiger partial charge >= 0.3 is 0 Å². The fourth-order valence-corrected chi connectivity index (χ4v) is 5.13. The second-order valence-electron chi connectivity index (χ2n) is 7.37. The van der Waals surface area contributed by atoms with Gasteiger partial charge < -0.3 is 14.8 Å². The van der Waals surface area contributed by atoms with E-state index in [1.165, 1.54) is 4.31 Å². The minimum Gasteiger partial charge on any atom is -0.497 e. The number of carbonyl (C=O) groups is 1. The van der Waals surface area contributed by atoms with Crippen LogP contribution in [0.25, 0.3) is 0 Å². The van der Waals surface area contributed by atoms with Crippen LogP contribution in [-0.2, 0) is 20.6 Å². The molecule has 168 valence electrons. The van der Waals surface area contributed by atoms with Gasteiger partial charge in [-0.25, -0.2) is 12.7 Å². The first kappa shape index (κ1) is 23.4. The Labute approximate surface area is 188 Å². The van der Waals surface area contributed by atoms with Crippen LogP contribution < -0.4 is 14.8 Å². The number of nitrogens with one attached hydrogen (secondary N) is 1. The number of rotatable bonds is 9. The predicted octanol–water partition coefficient (Wildman–Crippen LogP) is 3.09. The summed E-state index contributed by atoms with van der Waals surface area (Å²) in [5.74, 6) is 1.14. The molecule has 1 N–H and O–H groups in total. The molecule has 0 spiro atoms. The second-order valence-corrected chi connectivity index (χ2v) is 9.78. The Hall–Kier alpha value is -2.29. The van der Waals surface area contributed by atoms with Gasteiger partial charge in [0.1, 0.15) is 18.1 Å². The summed E-state index contributed by atoms with van der Waals surface area (Å²) in [6.45, 7) is 1.43. The van der Waals surface area contributed by atoms with Crippen molar-refractivity contribution in [2.75, 3.05) is 33.4 Å². The van der Waals surface area contributed by atoms with Gasteiger partial charge in [0.2, 0.25) is 15.9 Å². The van der Waals surface area contributed by atoms with E-state index in [1.54, 1.807) is 43.5 Å². The fraction of sp³-hybridized carbons (Fsp3) is 0.409. The summed E-state index contributed by atoms with van der Waals surface area (Å²) in [6, 6.07) is 14.0. The SMILES string of the molecule is COc1ccc(OCCNC(=O)C2CCN(S(=O)(=O)Cc3ccc(Cl)cc3)CC2)cc1. The quantitative estimate of drug-likeness (QED) is 0.574. The number of amides is 1. The van der Waals surface area contributed by atoms with Crippen molar-refractivity contribution in [2.24, 2.45) is 5.92 Å². The van der Waals surface area contributed by atoms with Crippen molar-refractivity contribution in [3.05, 3.63) is 59.1 Å². The van der Waals surface area contributed by atoms with Crippen molar-refractivity contribution in [3.8, 4) is 11.5 Å². The van der Waals surface area contributed by atoms with Crippen LogP contribution in [0, 0.1) is 5.92 Å². The number of carbonyl (C=O) groups excluding carboxylic acids is 1. The van der Waals surface area contributed by atoms with Gasteiger partial charge in [0.25, 0.3) is 0 Å². The molecule has 9 heteroatoms. The minimum atomic E-state index is -3.43. The Morgan fingerprint density at radius 1 is 1.06 bits per heavy atom. The van der Waals surface area contributed by atoms with Crippen LogP contribution in [0.5, 0.6) is 11.5 Å². The molecule has 1 aliphatic heterocycles. The average molecular weight is 467 g/mol. The number of sulfonamides is 1. The molecule has 0 saturated carbocycles. The zero-order valence-corrected chi connectivity index (χ0v) is 19.0. The third kappa shape index (κ3) is 6.85. The average Bonchev–Trinajstić information content (AvgIpc) is 2.78. The van der Waals surface area contributed by atoms with E-state index >= 15 is 0 Å². The molecule has 1 heterocycles. The van der Waals surface area contributed by atoms with E-state index in [-0.39, 0.29) is 17.6 Å². The molecule has 0 radical (unpaired) electrons. The smallest absolute Gasteiger partial charge is 0.223 e. The molecule has 0 atom stereocenters. The van der Waals surface area contributed by atoms with Crippen molar-refractivity contribution >= 4 is 27.5 Å². The van der Waals surface area contributed by atoms with Gasteiger partial charge in [0, 0.05) is 24.0 Å². The summed E-state index contributed by atoms with van der Waals surface area (Å²) in [7, 11) is -1.82. The van der Waals surface area contributed by atoms with Crippen LogP contribution in [0.3, 0.4) is 0 Å². The first-order valence-corrected chi connectivity index (χ1v) is 12.1. The lowest BCUT2D eigenvalue weighted by Gasteiger charge is -2.30. The van der Waals surface area contributed by atoms with Crippen molar-refractivity contribution in [2.45, 2.75) is 18.6 Å². The number of halogens is 1. The van der Waals surface area contributed by atoms with E-state index in [1.807, 2.05) is 12.1 Å². The molecule has 2 aromatic rings. The van der Waals surface area contributed by atoms with Gasteiger partial charge in [-0.2, -0.15) is 0 Å². The maximum Gasteiger partial charge on any atom is 0.223 e. The van der Waals surface area contributed by atoms with E-state index < -0.39 is 10.0 Å². The predicted molar refractivity (Wildman–Crippen MR) is 120 cm³/mol. The molecular weight excluding hydrogens is 440 g/mol. The standard InChI is InChI=1S/C22H27ClN2O5S/c1-29-20-6-8-21(9-7-20)30-15-12-24-22(26)18-10-13-25(14-11-18)31(27,28)16-17-2-4-19(23)5-3-17/h2-9,18H,10-16H2,1H3,(H,24,26). The topological polar surface area (TPSA) is 84.9 Å². The third-order valence-electron chi connectivity index (χ3n) is 5.21. The lowest BCUT2D eigenvalue weighted by molar-refractivity contribution is -0.126. The minimum absolute atomic E-state index is 0.0620. The Kier molecular flexibility index (Phi) is 8.17. The Balaban J connectivity index is 1.39. The summed E-state index contributed by atoms with van der Waals surface area (Å²) in [5, 5.41) is 3.45. The maximum absolute atomic E-state index is 12.7. The summed E-state index contributed by atoms with van der Waals surface area (Å²) in [6.07, 6.45) is 1.01. The maximum atomic E-state index is 12.7. The lowest BCUT2D eigenvalue weighted by atomic mass is 9.97. The van der Waals surface area contributed by atoms with E-state index in [0.29, 0.717) is 55.4 Å². The molecule has 0 aromatic heterocycles. The summed E-state index contributed by atoms with van der Waals surface area (Å²) in [5.41, 5.74) is 0.695. The molecule has 31 heavy (non-hydrogen) atoms. The summed E-state index contributed by atoms with van der Waals surface area (Å²) >= 11 is 5.85. The van der Waals surface area contributed by atoms with Gasteiger partial charge in [-0.05, 0) is 54.8 Å². The number of methoxy groups -OCH3 is 1. The van der Waals surface area contributed by atoms with Crippen molar-refractivity contribution < 1.29 is 22.7 Å². The molecule has 0 unspecified atom stereocenters. The Morgan fingerprint density at radius 3 is 2.29 bits per heavy atom. The molecule has 0 bridgehead atoms. The first-order chi connectivity index (χ1) is 14.9. The number of ether oxygens (including phenoxy) is 2. The highest BCUT2D eigenvalue weighted by Crippen LogP contribution is 2.22. The molecule has 1 saturated heterocycles. The number of hydrogen-bond donors (Lipinski definition) is 1. The summed E-state index contributed by atoms with van der Waals surface area (Å²) in [4.78, 5) is 12.4. The zero-order chi connectivity index (χ0) is 22.3. The normalized spacial score (nSPS) is 15.4. The first-order valence-electron chi connectivity index (χ1n) is 10.1. The molecule has 1 fully saturated rings. The van der Waals surface area contributed by atoms with Crippen molar-refractivity contribution in [3.63, 3.8) is 0 Å². The van der Waals surface area contributed by atoms with E-state index in [0.717, 1.165) is 5.75 Å². The number of piperidine rings is 1. The molecular formula is C22H27ClN2O5S. The number of hydrogen-bond acceptors (Lipinski definition) is 5. The molecule has 7 nitrogen and oxygen atoms in total. The van der Waals surface area contributed by atoms with Gasteiger partial charge in [-0.15, -0.1) is 0 Å². The van der Waals surface area contributed by atoms with Crippen LogP contribution >= 0.6 is 11.6 Å². The van der Waals surface area contributed by atoms with Crippen molar-refractivity contribution in [1.82, 2.24) is 9.62 Å².